The minimum atomic E-state index is -0.173. The molecule has 1 aromatic carbocycles. The normalized spacial score (nSPS) is 19.7. The molecule has 0 bridgehead atoms. The Morgan fingerprint density at radius 2 is 2.18 bits per heavy atom. The molecule has 1 aliphatic heterocycles. The Bertz CT molecular complexity index is 1050. The van der Waals surface area contributed by atoms with E-state index in [1.807, 2.05) is 41.3 Å². The van der Waals surface area contributed by atoms with Crippen molar-refractivity contribution in [2.45, 2.75) is 25.8 Å². The van der Waals surface area contributed by atoms with Crippen LogP contribution in [0.25, 0.3) is 11.2 Å². The number of H-pyrrole nitrogens is 1. The lowest BCUT2D eigenvalue weighted by atomic mass is 9.92. The fourth-order valence-electron chi connectivity index (χ4n) is 3.97. The molecule has 2 aromatic heterocycles. The maximum atomic E-state index is 12.9. The average molecular weight is 380 g/mol. The van der Waals surface area contributed by atoms with E-state index in [4.69, 9.17) is 4.74 Å². The van der Waals surface area contributed by atoms with Crippen LogP contribution < -0.4 is 10.4 Å². The van der Waals surface area contributed by atoms with E-state index in [1.165, 1.54) is 0 Å². The Labute approximate surface area is 163 Å². The van der Waals surface area contributed by atoms with Crippen molar-refractivity contribution in [2.75, 3.05) is 20.2 Å². The van der Waals surface area contributed by atoms with Gasteiger partial charge in [-0.2, -0.15) is 0 Å². The molecule has 0 spiro atoms. The standard InChI is InChI=1S/C21H24N4O3/c1-14-8-10-24(19(26)12-15-5-3-6-16(11-15)28-2)13-18(14)25-17-7-4-9-22-20(17)23-21(25)27/h3-7,9,11,14,18H,8,10,12-13H2,1-2H3,(H,22,23,27)/t14-,18-/m1/s1. The van der Waals surface area contributed by atoms with Gasteiger partial charge in [-0.15, -0.1) is 0 Å². The third-order valence-electron chi connectivity index (χ3n) is 5.58. The van der Waals surface area contributed by atoms with Crippen molar-refractivity contribution in [2.24, 2.45) is 5.92 Å². The topological polar surface area (TPSA) is 80.2 Å². The van der Waals surface area contributed by atoms with Gasteiger partial charge in [-0.05, 0) is 42.2 Å². The van der Waals surface area contributed by atoms with E-state index >= 15 is 0 Å². The molecule has 3 heterocycles. The van der Waals surface area contributed by atoms with Gasteiger partial charge in [0.2, 0.25) is 5.91 Å². The number of hydrogen-bond donors (Lipinski definition) is 1. The van der Waals surface area contributed by atoms with Crippen molar-refractivity contribution < 1.29 is 9.53 Å². The number of amides is 1. The second kappa shape index (κ2) is 7.50. The van der Waals surface area contributed by atoms with Gasteiger partial charge in [0.25, 0.3) is 0 Å². The molecule has 4 rings (SSSR count). The van der Waals surface area contributed by atoms with Gasteiger partial charge in [-0.25, -0.2) is 9.78 Å². The molecule has 146 valence electrons. The summed E-state index contributed by atoms with van der Waals surface area (Å²) >= 11 is 0. The second-order valence-electron chi connectivity index (χ2n) is 7.37. The predicted molar refractivity (Wildman–Crippen MR) is 106 cm³/mol. The Morgan fingerprint density at radius 3 is 3.00 bits per heavy atom. The maximum absolute atomic E-state index is 12.9. The molecule has 0 saturated carbocycles. The van der Waals surface area contributed by atoms with Crippen LogP contribution in [0, 0.1) is 5.92 Å². The summed E-state index contributed by atoms with van der Waals surface area (Å²) in [5, 5.41) is 0. The van der Waals surface area contributed by atoms with E-state index < -0.39 is 0 Å². The highest BCUT2D eigenvalue weighted by Crippen LogP contribution is 2.29. The van der Waals surface area contributed by atoms with Gasteiger partial charge in [0, 0.05) is 19.3 Å². The molecule has 3 aromatic rings. The number of piperidine rings is 1. The van der Waals surface area contributed by atoms with Gasteiger partial charge in [0.05, 0.1) is 25.1 Å². The number of hydrogen-bond acceptors (Lipinski definition) is 4. The largest absolute Gasteiger partial charge is 0.497 e. The Kier molecular flexibility index (Phi) is 4.90. The minimum absolute atomic E-state index is 0.0659. The summed E-state index contributed by atoms with van der Waals surface area (Å²) in [6.45, 7) is 3.36. The lowest BCUT2D eigenvalue weighted by Gasteiger charge is -2.37. The van der Waals surface area contributed by atoms with Crippen LogP contribution in [-0.4, -0.2) is 45.5 Å². The van der Waals surface area contributed by atoms with Gasteiger partial charge < -0.3 is 9.64 Å². The molecule has 7 heteroatoms. The number of rotatable bonds is 4. The number of pyridine rings is 1. The molecule has 1 N–H and O–H groups in total. The fraction of sp³-hybridized carbons (Fsp3) is 0.381. The van der Waals surface area contributed by atoms with E-state index in [9.17, 15) is 9.59 Å². The highest BCUT2D eigenvalue weighted by molar-refractivity contribution is 5.79. The summed E-state index contributed by atoms with van der Waals surface area (Å²) in [6.07, 6.45) is 2.84. The van der Waals surface area contributed by atoms with Crippen LogP contribution in [0.1, 0.15) is 24.9 Å². The molecule has 1 amide bonds. The number of carbonyl (C=O) groups is 1. The number of carbonyl (C=O) groups excluding carboxylic acids is 1. The van der Waals surface area contributed by atoms with Crippen LogP contribution in [0.2, 0.25) is 0 Å². The van der Waals surface area contributed by atoms with E-state index in [2.05, 4.69) is 16.9 Å². The van der Waals surface area contributed by atoms with Gasteiger partial charge >= 0.3 is 5.69 Å². The van der Waals surface area contributed by atoms with Crippen molar-refractivity contribution in [1.29, 1.82) is 0 Å². The Balaban J connectivity index is 1.57. The molecular weight excluding hydrogens is 356 g/mol. The Hall–Kier alpha value is -3.09. The van der Waals surface area contributed by atoms with E-state index in [-0.39, 0.29) is 23.6 Å². The first-order valence-electron chi connectivity index (χ1n) is 9.52. The van der Waals surface area contributed by atoms with Crippen LogP contribution in [0.4, 0.5) is 0 Å². The first kappa shape index (κ1) is 18.3. The summed E-state index contributed by atoms with van der Waals surface area (Å²) in [5.74, 6) is 1.10. The number of methoxy groups -OCH3 is 1. The van der Waals surface area contributed by atoms with Crippen LogP contribution >= 0.6 is 0 Å². The minimum Gasteiger partial charge on any atom is -0.497 e. The smallest absolute Gasteiger partial charge is 0.328 e. The molecule has 1 aliphatic rings. The number of imidazole rings is 1. The number of ether oxygens (including phenoxy) is 1. The van der Waals surface area contributed by atoms with Gasteiger partial charge in [0.1, 0.15) is 5.75 Å². The van der Waals surface area contributed by atoms with Crippen molar-refractivity contribution in [3.8, 4) is 5.75 Å². The lowest BCUT2D eigenvalue weighted by Crippen LogP contribution is -2.46. The molecular formula is C21H24N4O3. The number of fused-ring (bicyclic) bond motifs is 1. The van der Waals surface area contributed by atoms with E-state index in [0.717, 1.165) is 23.3 Å². The van der Waals surface area contributed by atoms with Crippen LogP contribution in [0.15, 0.2) is 47.4 Å². The number of nitrogens with zero attached hydrogens (tertiary/aromatic N) is 3. The summed E-state index contributed by atoms with van der Waals surface area (Å²) in [7, 11) is 1.62. The van der Waals surface area contributed by atoms with E-state index in [0.29, 0.717) is 25.2 Å². The third kappa shape index (κ3) is 3.40. The monoisotopic (exact) mass is 380 g/mol. The van der Waals surface area contributed by atoms with Crippen molar-refractivity contribution in [1.82, 2.24) is 19.4 Å². The fourth-order valence-corrected chi connectivity index (χ4v) is 3.97. The highest BCUT2D eigenvalue weighted by atomic mass is 16.5. The zero-order valence-electron chi connectivity index (χ0n) is 16.1. The molecule has 0 unspecified atom stereocenters. The highest BCUT2D eigenvalue weighted by Gasteiger charge is 2.32. The predicted octanol–water partition coefficient (Wildman–Crippen LogP) is 2.39. The van der Waals surface area contributed by atoms with E-state index in [1.54, 1.807) is 17.9 Å². The van der Waals surface area contributed by atoms with Crippen LogP contribution in [0.3, 0.4) is 0 Å². The quantitative estimate of drug-likeness (QED) is 0.754. The number of aromatic amines is 1. The maximum Gasteiger partial charge on any atom is 0.328 e. The molecule has 1 saturated heterocycles. The number of benzene rings is 1. The third-order valence-corrected chi connectivity index (χ3v) is 5.58. The Morgan fingerprint density at radius 1 is 1.32 bits per heavy atom. The first-order chi connectivity index (χ1) is 13.6. The molecule has 2 atom stereocenters. The summed E-state index contributed by atoms with van der Waals surface area (Å²) in [5.41, 5.74) is 2.12. The zero-order chi connectivity index (χ0) is 19.7. The van der Waals surface area contributed by atoms with Crippen LogP contribution in [-0.2, 0) is 11.2 Å². The molecule has 1 fully saturated rings. The van der Waals surface area contributed by atoms with Gasteiger partial charge in [0.15, 0.2) is 5.65 Å². The number of aromatic nitrogens is 3. The number of likely N-dealkylation sites (tertiary alicyclic amines) is 1. The zero-order valence-corrected chi connectivity index (χ0v) is 16.1. The average Bonchev–Trinajstić information content (AvgIpc) is 3.04. The number of nitrogens with one attached hydrogen (secondary N) is 1. The summed E-state index contributed by atoms with van der Waals surface area (Å²) in [4.78, 5) is 34.4. The lowest BCUT2D eigenvalue weighted by molar-refractivity contribution is -0.132. The summed E-state index contributed by atoms with van der Waals surface area (Å²) in [6, 6.07) is 11.2. The van der Waals surface area contributed by atoms with Crippen molar-refractivity contribution >= 4 is 17.1 Å². The van der Waals surface area contributed by atoms with Crippen LogP contribution in [0.5, 0.6) is 5.75 Å². The SMILES string of the molecule is COc1cccc(CC(=O)N2CC[C@@H](C)[C@H](n3c(=O)[nH]c4ncccc43)C2)c1. The second-order valence-corrected chi connectivity index (χ2v) is 7.37. The van der Waals surface area contributed by atoms with Gasteiger partial charge in [-0.3, -0.25) is 14.3 Å². The molecule has 28 heavy (non-hydrogen) atoms. The van der Waals surface area contributed by atoms with Crippen molar-refractivity contribution in [3.63, 3.8) is 0 Å². The van der Waals surface area contributed by atoms with Gasteiger partial charge in [-0.1, -0.05) is 19.1 Å². The molecule has 0 aliphatic carbocycles. The van der Waals surface area contributed by atoms with Crippen molar-refractivity contribution in [3.05, 3.63) is 58.6 Å². The molecule has 7 nitrogen and oxygen atoms in total. The first-order valence-corrected chi connectivity index (χ1v) is 9.52. The summed E-state index contributed by atoms with van der Waals surface area (Å²) < 4.78 is 7.01. The molecule has 0 radical (unpaired) electrons.